The highest BCUT2D eigenvalue weighted by Crippen LogP contribution is 2.28. The van der Waals surface area contributed by atoms with Gasteiger partial charge in [-0.25, -0.2) is 4.39 Å². The van der Waals surface area contributed by atoms with Gasteiger partial charge in [0, 0.05) is 12.2 Å². The van der Waals surface area contributed by atoms with E-state index >= 15 is 0 Å². The van der Waals surface area contributed by atoms with Gasteiger partial charge in [0.05, 0.1) is 23.0 Å². The third-order valence-electron chi connectivity index (χ3n) is 4.28. The van der Waals surface area contributed by atoms with Crippen molar-refractivity contribution in [2.24, 2.45) is 5.92 Å². The number of anilines is 2. The summed E-state index contributed by atoms with van der Waals surface area (Å²) in [5, 5.41) is 6.20. The van der Waals surface area contributed by atoms with E-state index in [1.165, 1.54) is 12.1 Å². The molecule has 2 heterocycles. The van der Waals surface area contributed by atoms with E-state index in [1.54, 1.807) is 12.1 Å². The summed E-state index contributed by atoms with van der Waals surface area (Å²) in [5.41, 5.74) is 3.46. The van der Waals surface area contributed by atoms with Crippen molar-refractivity contribution in [3.8, 4) is 0 Å². The molecule has 1 aromatic carbocycles. The summed E-state index contributed by atoms with van der Waals surface area (Å²) in [6, 6.07) is 9.73. The number of rotatable bonds is 4. The molecule has 0 bridgehead atoms. The molecule has 1 amide bonds. The van der Waals surface area contributed by atoms with E-state index in [1.807, 2.05) is 26.0 Å². The van der Waals surface area contributed by atoms with E-state index in [-0.39, 0.29) is 36.0 Å². The zero-order chi connectivity index (χ0) is 17.1. The number of amides is 1. The van der Waals surface area contributed by atoms with E-state index in [9.17, 15) is 9.18 Å². The standard InChI is InChI=1S/C19H22FN3O.ClH/c1-12(2)18(19(24)22-14-7-5-13(20)6-8-14)17-10-9-15-16(23-17)4-3-11-21-15;/h5-10,12,18,21H,3-4,11H2,1-2H3,(H,22,24);1H. The number of carbonyl (C=O) groups excluding carboxylic acids is 1. The summed E-state index contributed by atoms with van der Waals surface area (Å²) in [6.45, 7) is 4.98. The minimum absolute atomic E-state index is 0. The fourth-order valence-electron chi connectivity index (χ4n) is 3.05. The highest BCUT2D eigenvalue weighted by Gasteiger charge is 2.26. The average Bonchev–Trinajstić information content (AvgIpc) is 2.56. The van der Waals surface area contributed by atoms with Gasteiger partial charge in [0.15, 0.2) is 0 Å². The molecule has 6 heteroatoms. The number of halogens is 2. The summed E-state index contributed by atoms with van der Waals surface area (Å²) in [6.07, 6.45) is 1.98. The second-order valence-corrected chi connectivity index (χ2v) is 6.48. The molecule has 1 unspecified atom stereocenters. The summed E-state index contributed by atoms with van der Waals surface area (Å²) in [4.78, 5) is 17.5. The van der Waals surface area contributed by atoms with Crippen LogP contribution in [0.2, 0.25) is 0 Å². The van der Waals surface area contributed by atoms with E-state index in [0.717, 1.165) is 36.5 Å². The Morgan fingerprint density at radius 1 is 1.20 bits per heavy atom. The summed E-state index contributed by atoms with van der Waals surface area (Å²) >= 11 is 0. The van der Waals surface area contributed by atoms with Crippen LogP contribution in [0.3, 0.4) is 0 Å². The molecule has 25 heavy (non-hydrogen) atoms. The van der Waals surface area contributed by atoms with Crippen LogP contribution in [0.1, 0.15) is 37.6 Å². The predicted octanol–water partition coefficient (Wildman–Crippen LogP) is 4.38. The zero-order valence-corrected chi connectivity index (χ0v) is 15.2. The fourth-order valence-corrected chi connectivity index (χ4v) is 3.05. The molecule has 2 N–H and O–H groups in total. The van der Waals surface area contributed by atoms with Gasteiger partial charge < -0.3 is 10.6 Å². The van der Waals surface area contributed by atoms with Crippen LogP contribution in [0.4, 0.5) is 15.8 Å². The van der Waals surface area contributed by atoms with Crippen LogP contribution < -0.4 is 10.6 Å². The van der Waals surface area contributed by atoms with Gasteiger partial charge in [-0.15, -0.1) is 12.4 Å². The summed E-state index contributed by atoms with van der Waals surface area (Å²) < 4.78 is 13.0. The van der Waals surface area contributed by atoms with Crippen LogP contribution >= 0.6 is 12.4 Å². The van der Waals surface area contributed by atoms with Gasteiger partial charge >= 0.3 is 0 Å². The Bertz CT molecular complexity index is 734. The molecule has 0 saturated carbocycles. The molecule has 134 valence electrons. The second kappa shape index (κ2) is 8.30. The monoisotopic (exact) mass is 363 g/mol. The lowest BCUT2D eigenvalue weighted by molar-refractivity contribution is -0.118. The van der Waals surface area contributed by atoms with Crippen LogP contribution in [0, 0.1) is 11.7 Å². The number of aromatic nitrogens is 1. The first-order valence-corrected chi connectivity index (χ1v) is 8.34. The maximum absolute atomic E-state index is 13.0. The lowest BCUT2D eigenvalue weighted by Gasteiger charge is -2.23. The first kappa shape index (κ1) is 19.2. The fraction of sp³-hybridized carbons (Fsp3) is 0.368. The number of aryl methyl sites for hydroxylation is 1. The molecular formula is C19H23ClFN3O. The molecule has 0 spiro atoms. The topological polar surface area (TPSA) is 54.0 Å². The first-order chi connectivity index (χ1) is 11.5. The van der Waals surface area contributed by atoms with Gasteiger partial charge in [-0.05, 0) is 55.2 Å². The van der Waals surface area contributed by atoms with Crippen molar-refractivity contribution in [2.45, 2.75) is 32.6 Å². The number of carbonyl (C=O) groups is 1. The molecule has 0 aliphatic carbocycles. The number of fused-ring (bicyclic) bond motifs is 1. The van der Waals surface area contributed by atoms with Crippen molar-refractivity contribution in [1.82, 2.24) is 4.98 Å². The second-order valence-electron chi connectivity index (χ2n) is 6.48. The number of nitrogens with one attached hydrogen (secondary N) is 2. The normalized spacial score (nSPS) is 14.1. The molecule has 3 rings (SSSR count). The maximum atomic E-state index is 13.0. The predicted molar refractivity (Wildman–Crippen MR) is 101 cm³/mol. The zero-order valence-electron chi connectivity index (χ0n) is 14.4. The van der Waals surface area contributed by atoms with Crippen molar-refractivity contribution < 1.29 is 9.18 Å². The minimum atomic E-state index is -0.345. The molecule has 1 atom stereocenters. The van der Waals surface area contributed by atoms with Gasteiger partial charge in [-0.1, -0.05) is 13.8 Å². The first-order valence-electron chi connectivity index (χ1n) is 8.34. The lowest BCUT2D eigenvalue weighted by atomic mass is 9.90. The Hall–Kier alpha value is -2.14. The van der Waals surface area contributed by atoms with E-state index < -0.39 is 0 Å². The highest BCUT2D eigenvalue weighted by molar-refractivity contribution is 5.95. The number of hydrogen-bond acceptors (Lipinski definition) is 3. The van der Waals surface area contributed by atoms with Crippen LogP contribution in [-0.2, 0) is 11.2 Å². The molecular weight excluding hydrogens is 341 g/mol. The lowest BCUT2D eigenvalue weighted by Crippen LogP contribution is -2.26. The number of nitrogens with zero attached hydrogens (tertiary/aromatic N) is 1. The molecule has 4 nitrogen and oxygen atoms in total. The Kier molecular flexibility index (Phi) is 6.37. The quantitative estimate of drug-likeness (QED) is 0.847. The molecule has 0 saturated heterocycles. The third kappa shape index (κ3) is 4.48. The average molecular weight is 364 g/mol. The van der Waals surface area contributed by atoms with Gasteiger partial charge in [0.25, 0.3) is 0 Å². The number of hydrogen-bond donors (Lipinski definition) is 2. The van der Waals surface area contributed by atoms with Crippen LogP contribution in [0.25, 0.3) is 0 Å². The summed E-state index contributed by atoms with van der Waals surface area (Å²) in [5.74, 6) is -0.681. The van der Waals surface area contributed by atoms with E-state index in [2.05, 4.69) is 10.6 Å². The van der Waals surface area contributed by atoms with Crippen molar-refractivity contribution in [3.05, 3.63) is 53.6 Å². The smallest absolute Gasteiger partial charge is 0.233 e. The van der Waals surface area contributed by atoms with Crippen LogP contribution in [0.5, 0.6) is 0 Å². The van der Waals surface area contributed by atoms with Crippen molar-refractivity contribution >= 4 is 29.7 Å². The molecule has 1 aliphatic rings. The third-order valence-corrected chi connectivity index (χ3v) is 4.28. The van der Waals surface area contributed by atoms with E-state index in [4.69, 9.17) is 4.98 Å². The largest absolute Gasteiger partial charge is 0.384 e. The Morgan fingerprint density at radius 2 is 1.92 bits per heavy atom. The molecule has 0 radical (unpaired) electrons. The Labute approximate surface area is 153 Å². The molecule has 1 aliphatic heterocycles. The van der Waals surface area contributed by atoms with Crippen LogP contribution in [0.15, 0.2) is 36.4 Å². The van der Waals surface area contributed by atoms with Crippen molar-refractivity contribution in [1.29, 1.82) is 0 Å². The van der Waals surface area contributed by atoms with Crippen molar-refractivity contribution in [3.63, 3.8) is 0 Å². The SMILES string of the molecule is CC(C)C(C(=O)Nc1ccc(F)cc1)c1ccc2c(n1)CCCN2.Cl. The maximum Gasteiger partial charge on any atom is 0.233 e. The number of pyridine rings is 1. The van der Waals surface area contributed by atoms with Crippen LogP contribution in [-0.4, -0.2) is 17.4 Å². The minimum Gasteiger partial charge on any atom is -0.384 e. The Morgan fingerprint density at radius 3 is 2.60 bits per heavy atom. The molecule has 1 aromatic heterocycles. The van der Waals surface area contributed by atoms with Gasteiger partial charge in [0.2, 0.25) is 5.91 Å². The van der Waals surface area contributed by atoms with Gasteiger partial charge in [0.1, 0.15) is 5.82 Å². The number of benzene rings is 1. The van der Waals surface area contributed by atoms with Crippen molar-refractivity contribution in [2.75, 3.05) is 17.2 Å². The van der Waals surface area contributed by atoms with E-state index in [0.29, 0.717) is 5.69 Å². The Balaban J connectivity index is 0.00000225. The molecule has 0 fully saturated rings. The highest BCUT2D eigenvalue weighted by atomic mass is 35.5. The van der Waals surface area contributed by atoms with Gasteiger partial charge in [-0.3, -0.25) is 9.78 Å². The molecule has 2 aromatic rings. The van der Waals surface area contributed by atoms with Gasteiger partial charge in [-0.2, -0.15) is 0 Å². The summed E-state index contributed by atoms with van der Waals surface area (Å²) in [7, 11) is 0.